The standard InChI is InChI=1S/C17H21FN2O2/c1-2-22-16-10-15(21)17(16)5-7-20(8-6-17)14-4-3-13(18)9-12(14)11-19/h3-4,9,15-16,21H,2,5-8,10H2,1H3. The van der Waals surface area contributed by atoms with Gasteiger partial charge in [-0.05, 0) is 38.0 Å². The van der Waals surface area contributed by atoms with Crippen molar-refractivity contribution in [3.63, 3.8) is 0 Å². The largest absolute Gasteiger partial charge is 0.392 e. The summed E-state index contributed by atoms with van der Waals surface area (Å²) in [5.41, 5.74) is 1.01. The van der Waals surface area contributed by atoms with Crippen molar-refractivity contribution in [1.82, 2.24) is 0 Å². The Morgan fingerprint density at radius 3 is 2.77 bits per heavy atom. The lowest BCUT2D eigenvalue weighted by molar-refractivity contribution is -0.199. The zero-order valence-corrected chi connectivity index (χ0v) is 12.8. The van der Waals surface area contributed by atoms with Gasteiger partial charge in [-0.25, -0.2) is 4.39 Å². The summed E-state index contributed by atoms with van der Waals surface area (Å²) < 4.78 is 19.0. The van der Waals surface area contributed by atoms with E-state index >= 15 is 0 Å². The maximum Gasteiger partial charge on any atom is 0.124 e. The van der Waals surface area contributed by atoms with E-state index in [-0.39, 0.29) is 23.4 Å². The molecule has 4 nitrogen and oxygen atoms in total. The number of hydrogen-bond donors (Lipinski definition) is 1. The lowest BCUT2D eigenvalue weighted by Gasteiger charge is -2.57. The van der Waals surface area contributed by atoms with Gasteiger partial charge in [-0.2, -0.15) is 5.26 Å². The number of hydrogen-bond acceptors (Lipinski definition) is 4. The first kappa shape index (κ1) is 15.3. The molecule has 0 bridgehead atoms. The number of benzene rings is 1. The molecule has 1 aromatic rings. The first-order valence-electron chi connectivity index (χ1n) is 7.85. The van der Waals surface area contributed by atoms with Crippen LogP contribution >= 0.6 is 0 Å². The van der Waals surface area contributed by atoms with Crippen LogP contribution in [0.4, 0.5) is 10.1 Å². The average Bonchev–Trinajstić information content (AvgIpc) is 2.55. The zero-order chi connectivity index (χ0) is 15.7. The average molecular weight is 304 g/mol. The molecule has 118 valence electrons. The number of halogens is 1. The Bertz CT molecular complexity index is 589. The first-order chi connectivity index (χ1) is 10.6. The minimum atomic E-state index is -0.389. The highest BCUT2D eigenvalue weighted by atomic mass is 19.1. The minimum Gasteiger partial charge on any atom is -0.392 e. The zero-order valence-electron chi connectivity index (χ0n) is 12.8. The molecule has 1 spiro atoms. The summed E-state index contributed by atoms with van der Waals surface area (Å²) in [6.07, 6.45) is 2.23. The molecule has 5 heteroatoms. The molecule has 2 aliphatic rings. The molecule has 1 aromatic carbocycles. The maximum atomic E-state index is 13.3. The number of aliphatic hydroxyl groups is 1. The topological polar surface area (TPSA) is 56.5 Å². The molecule has 2 fully saturated rings. The fraction of sp³-hybridized carbons (Fsp3) is 0.588. The first-order valence-corrected chi connectivity index (χ1v) is 7.85. The summed E-state index contributed by atoms with van der Waals surface area (Å²) in [6.45, 7) is 4.15. The Morgan fingerprint density at radius 2 is 2.18 bits per heavy atom. The minimum absolute atomic E-state index is 0.137. The van der Waals surface area contributed by atoms with Crippen molar-refractivity contribution in [1.29, 1.82) is 5.26 Å². The maximum absolute atomic E-state index is 13.3. The Hall–Kier alpha value is -1.64. The van der Waals surface area contributed by atoms with Crippen molar-refractivity contribution in [3.05, 3.63) is 29.6 Å². The molecule has 2 atom stereocenters. The van der Waals surface area contributed by atoms with Gasteiger partial charge in [0, 0.05) is 31.5 Å². The summed E-state index contributed by atoms with van der Waals surface area (Å²) in [5.74, 6) is -0.389. The fourth-order valence-corrected chi connectivity index (χ4v) is 3.85. The Labute approximate surface area is 130 Å². The van der Waals surface area contributed by atoms with Gasteiger partial charge in [-0.3, -0.25) is 0 Å². The Balaban J connectivity index is 1.74. The van der Waals surface area contributed by atoms with Gasteiger partial charge in [0.15, 0.2) is 0 Å². The van der Waals surface area contributed by atoms with Gasteiger partial charge < -0.3 is 14.7 Å². The van der Waals surface area contributed by atoms with Crippen LogP contribution in [-0.2, 0) is 4.74 Å². The van der Waals surface area contributed by atoms with E-state index in [0.717, 1.165) is 31.6 Å². The molecular weight excluding hydrogens is 283 g/mol. The van der Waals surface area contributed by atoms with Gasteiger partial charge in [-0.1, -0.05) is 0 Å². The van der Waals surface area contributed by atoms with Crippen molar-refractivity contribution >= 4 is 5.69 Å². The molecule has 0 amide bonds. The van der Waals surface area contributed by atoms with Gasteiger partial charge in [0.1, 0.15) is 11.9 Å². The van der Waals surface area contributed by atoms with E-state index in [9.17, 15) is 14.8 Å². The molecule has 22 heavy (non-hydrogen) atoms. The lowest BCUT2D eigenvalue weighted by atomic mass is 9.58. The molecule has 0 radical (unpaired) electrons. The number of anilines is 1. The summed E-state index contributed by atoms with van der Waals surface area (Å²) in [6, 6.07) is 6.40. The predicted octanol–water partition coefficient (Wildman–Crippen LogP) is 2.45. The van der Waals surface area contributed by atoms with Gasteiger partial charge in [0.25, 0.3) is 0 Å². The quantitative estimate of drug-likeness (QED) is 0.932. The van der Waals surface area contributed by atoms with Crippen LogP contribution in [-0.4, -0.2) is 37.0 Å². The van der Waals surface area contributed by atoms with E-state index in [0.29, 0.717) is 18.6 Å². The van der Waals surface area contributed by atoms with Gasteiger partial charge >= 0.3 is 0 Å². The Kier molecular flexibility index (Phi) is 4.07. The van der Waals surface area contributed by atoms with Crippen LogP contribution in [0.15, 0.2) is 18.2 Å². The lowest BCUT2D eigenvalue weighted by Crippen LogP contribution is -2.62. The number of nitriles is 1. The van der Waals surface area contributed by atoms with Crippen molar-refractivity contribution in [2.75, 3.05) is 24.6 Å². The summed E-state index contributed by atoms with van der Waals surface area (Å²) in [5, 5.41) is 19.4. The molecule has 0 aromatic heterocycles. The van der Waals surface area contributed by atoms with E-state index in [4.69, 9.17) is 4.74 Å². The van der Waals surface area contributed by atoms with Crippen LogP contribution in [0.3, 0.4) is 0 Å². The van der Waals surface area contributed by atoms with Gasteiger partial charge in [0.2, 0.25) is 0 Å². The molecule has 3 rings (SSSR count). The second-order valence-electron chi connectivity index (χ2n) is 6.19. The third kappa shape index (κ3) is 2.37. The second kappa shape index (κ2) is 5.86. The molecule has 1 aliphatic heterocycles. The third-order valence-electron chi connectivity index (χ3n) is 5.22. The highest BCUT2D eigenvalue weighted by Crippen LogP contribution is 2.51. The molecule has 1 heterocycles. The number of rotatable bonds is 3. The van der Waals surface area contributed by atoms with E-state index in [1.165, 1.54) is 12.1 Å². The normalized spacial score (nSPS) is 26.5. The fourth-order valence-electron chi connectivity index (χ4n) is 3.85. The van der Waals surface area contributed by atoms with E-state index in [2.05, 4.69) is 11.0 Å². The van der Waals surface area contributed by atoms with E-state index < -0.39 is 0 Å². The molecule has 1 N–H and O–H groups in total. The molecule has 1 aliphatic carbocycles. The van der Waals surface area contributed by atoms with Crippen LogP contribution < -0.4 is 4.90 Å². The van der Waals surface area contributed by atoms with Gasteiger partial charge in [0.05, 0.1) is 23.5 Å². The van der Waals surface area contributed by atoms with Crippen molar-refractivity contribution in [2.45, 2.75) is 38.4 Å². The van der Waals surface area contributed by atoms with Gasteiger partial charge in [-0.15, -0.1) is 0 Å². The van der Waals surface area contributed by atoms with Crippen LogP contribution in [0, 0.1) is 22.6 Å². The summed E-state index contributed by atoms with van der Waals surface area (Å²) >= 11 is 0. The molecule has 1 saturated heterocycles. The van der Waals surface area contributed by atoms with Crippen LogP contribution in [0.1, 0.15) is 31.7 Å². The van der Waals surface area contributed by atoms with Crippen LogP contribution in [0.25, 0.3) is 0 Å². The Morgan fingerprint density at radius 1 is 1.45 bits per heavy atom. The number of ether oxygens (including phenoxy) is 1. The van der Waals surface area contributed by atoms with E-state index in [1.54, 1.807) is 6.07 Å². The van der Waals surface area contributed by atoms with Crippen molar-refractivity contribution in [2.24, 2.45) is 5.41 Å². The van der Waals surface area contributed by atoms with Crippen molar-refractivity contribution in [3.8, 4) is 6.07 Å². The highest BCUT2D eigenvalue weighted by molar-refractivity contribution is 5.59. The molecular formula is C17H21FN2O2. The number of aliphatic hydroxyl groups excluding tert-OH is 1. The number of piperidine rings is 1. The van der Waals surface area contributed by atoms with Crippen LogP contribution in [0.5, 0.6) is 0 Å². The van der Waals surface area contributed by atoms with Crippen molar-refractivity contribution < 1.29 is 14.2 Å². The van der Waals surface area contributed by atoms with Crippen LogP contribution in [0.2, 0.25) is 0 Å². The predicted molar refractivity (Wildman–Crippen MR) is 81.0 cm³/mol. The monoisotopic (exact) mass is 304 g/mol. The third-order valence-corrected chi connectivity index (χ3v) is 5.22. The highest BCUT2D eigenvalue weighted by Gasteiger charge is 2.56. The summed E-state index contributed by atoms with van der Waals surface area (Å²) in [4.78, 5) is 2.11. The molecule has 2 unspecified atom stereocenters. The smallest absolute Gasteiger partial charge is 0.124 e. The van der Waals surface area contributed by atoms with E-state index in [1.807, 2.05) is 6.92 Å². The number of nitrogens with zero attached hydrogens (tertiary/aromatic N) is 2. The SMILES string of the molecule is CCOC1CC(O)C12CCN(c1ccc(F)cc1C#N)CC2. The second-order valence-corrected chi connectivity index (χ2v) is 6.19. The summed E-state index contributed by atoms with van der Waals surface area (Å²) in [7, 11) is 0. The molecule has 1 saturated carbocycles.